The summed E-state index contributed by atoms with van der Waals surface area (Å²) >= 11 is 0. The summed E-state index contributed by atoms with van der Waals surface area (Å²) in [5.41, 5.74) is 6.46. The van der Waals surface area contributed by atoms with E-state index in [-0.39, 0.29) is 6.10 Å². The molecular formula is C20H33NO4. The van der Waals surface area contributed by atoms with Gasteiger partial charge in [0.25, 0.3) is 0 Å². The lowest BCUT2D eigenvalue weighted by Gasteiger charge is -2.29. The Kier molecular flexibility index (Phi) is 9.70. The normalized spacial score (nSPS) is 20.5. The van der Waals surface area contributed by atoms with Gasteiger partial charge in [0.1, 0.15) is 5.75 Å². The second-order valence-corrected chi connectivity index (χ2v) is 6.53. The molecule has 5 nitrogen and oxygen atoms in total. The molecule has 2 N–H and O–H groups in total. The number of unbranched alkanes of at least 4 members (excludes halogenated alkanes) is 1. The molecule has 0 unspecified atom stereocenters. The number of benzene rings is 1. The van der Waals surface area contributed by atoms with Crippen molar-refractivity contribution in [2.45, 2.75) is 57.7 Å². The minimum Gasteiger partial charge on any atom is -0.490 e. The molecule has 0 spiro atoms. The van der Waals surface area contributed by atoms with Gasteiger partial charge in [-0.3, -0.25) is 0 Å². The fourth-order valence-corrected chi connectivity index (χ4v) is 2.90. The van der Waals surface area contributed by atoms with Crippen LogP contribution in [-0.4, -0.2) is 45.2 Å². The Morgan fingerprint density at radius 1 is 0.840 bits per heavy atom. The summed E-state index contributed by atoms with van der Waals surface area (Å²) in [5.74, 6) is 0.896. The summed E-state index contributed by atoms with van der Waals surface area (Å²) in [5, 5.41) is 0. The smallest absolute Gasteiger partial charge is 0.119 e. The topological polar surface area (TPSA) is 62.9 Å². The van der Waals surface area contributed by atoms with Gasteiger partial charge in [-0.1, -0.05) is 13.3 Å². The minimum atomic E-state index is 0.278. The van der Waals surface area contributed by atoms with Gasteiger partial charge in [0.05, 0.1) is 38.6 Å². The molecule has 1 aliphatic carbocycles. The molecule has 1 fully saturated rings. The van der Waals surface area contributed by atoms with Gasteiger partial charge in [0.15, 0.2) is 0 Å². The van der Waals surface area contributed by atoms with Crippen molar-refractivity contribution >= 4 is 5.69 Å². The van der Waals surface area contributed by atoms with Crippen molar-refractivity contribution in [2.24, 2.45) is 0 Å². The van der Waals surface area contributed by atoms with Gasteiger partial charge in [-0.15, -0.1) is 0 Å². The van der Waals surface area contributed by atoms with E-state index in [2.05, 4.69) is 6.92 Å². The minimum absolute atomic E-state index is 0.278. The van der Waals surface area contributed by atoms with Gasteiger partial charge < -0.3 is 24.7 Å². The van der Waals surface area contributed by atoms with Crippen molar-refractivity contribution in [3.05, 3.63) is 24.3 Å². The lowest BCUT2D eigenvalue weighted by Crippen LogP contribution is -2.29. The van der Waals surface area contributed by atoms with Crippen LogP contribution in [0.25, 0.3) is 0 Å². The van der Waals surface area contributed by atoms with E-state index in [0.29, 0.717) is 32.5 Å². The number of hydrogen-bond acceptors (Lipinski definition) is 5. The van der Waals surface area contributed by atoms with E-state index in [1.54, 1.807) is 0 Å². The van der Waals surface area contributed by atoms with Crippen LogP contribution in [0, 0.1) is 0 Å². The lowest BCUT2D eigenvalue weighted by atomic mass is 9.95. The third-order valence-electron chi connectivity index (χ3n) is 4.40. The predicted molar refractivity (Wildman–Crippen MR) is 100 cm³/mol. The number of nitrogen functional groups attached to an aromatic ring is 1. The molecular weight excluding hydrogens is 318 g/mol. The van der Waals surface area contributed by atoms with Crippen LogP contribution in [0.4, 0.5) is 5.69 Å². The molecule has 142 valence electrons. The van der Waals surface area contributed by atoms with E-state index in [9.17, 15) is 0 Å². The second-order valence-electron chi connectivity index (χ2n) is 6.53. The van der Waals surface area contributed by atoms with Crippen LogP contribution in [0.2, 0.25) is 0 Å². The summed E-state index contributed by atoms with van der Waals surface area (Å²) in [6.07, 6.45) is 7.04. The monoisotopic (exact) mass is 351 g/mol. The molecule has 0 aromatic heterocycles. The van der Waals surface area contributed by atoms with Crippen molar-refractivity contribution in [1.29, 1.82) is 0 Å². The molecule has 0 heterocycles. The van der Waals surface area contributed by atoms with Gasteiger partial charge in [0.2, 0.25) is 0 Å². The molecule has 0 bridgehead atoms. The van der Waals surface area contributed by atoms with Crippen LogP contribution in [0.3, 0.4) is 0 Å². The fourth-order valence-electron chi connectivity index (χ4n) is 2.90. The number of rotatable bonds is 12. The van der Waals surface area contributed by atoms with Gasteiger partial charge >= 0.3 is 0 Å². The molecule has 1 aliphatic rings. The highest BCUT2D eigenvalue weighted by Gasteiger charge is 2.22. The maximum Gasteiger partial charge on any atom is 0.119 e. The summed E-state index contributed by atoms with van der Waals surface area (Å²) in [4.78, 5) is 0. The van der Waals surface area contributed by atoms with Crippen molar-refractivity contribution in [3.8, 4) is 5.75 Å². The number of anilines is 1. The maximum absolute atomic E-state index is 6.01. The highest BCUT2D eigenvalue weighted by molar-refractivity contribution is 5.41. The second kappa shape index (κ2) is 12.1. The average Bonchev–Trinajstić information content (AvgIpc) is 2.63. The SMILES string of the molecule is CCCCOCCOCCOC1CCC(Oc2ccc(N)cc2)CC1. The van der Waals surface area contributed by atoms with E-state index in [1.807, 2.05) is 24.3 Å². The Labute approximate surface area is 151 Å². The van der Waals surface area contributed by atoms with E-state index in [1.165, 1.54) is 6.42 Å². The van der Waals surface area contributed by atoms with Crippen LogP contribution in [0.5, 0.6) is 5.75 Å². The number of hydrogen-bond donors (Lipinski definition) is 1. The largest absolute Gasteiger partial charge is 0.490 e. The van der Waals surface area contributed by atoms with Crippen LogP contribution in [0.1, 0.15) is 45.4 Å². The first kappa shape index (κ1) is 20.0. The standard InChI is InChI=1S/C20H33NO4/c1-2-3-12-22-13-14-23-15-16-24-18-8-10-20(11-9-18)25-19-6-4-17(21)5-7-19/h4-7,18,20H,2-3,8-16,21H2,1H3. The first-order valence-corrected chi connectivity index (χ1v) is 9.57. The molecule has 5 heteroatoms. The van der Waals surface area contributed by atoms with E-state index < -0.39 is 0 Å². The Morgan fingerprint density at radius 3 is 2.12 bits per heavy atom. The van der Waals surface area contributed by atoms with Gasteiger partial charge in [-0.05, 0) is 56.4 Å². The number of ether oxygens (including phenoxy) is 4. The third kappa shape index (κ3) is 8.56. The molecule has 1 saturated carbocycles. The molecule has 0 aliphatic heterocycles. The Balaban J connectivity index is 1.46. The molecule has 1 aromatic carbocycles. The first-order valence-electron chi connectivity index (χ1n) is 9.57. The highest BCUT2D eigenvalue weighted by Crippen LogP contribution is 2.25. The molecule has 25 heavy (non-hydrogen) atoms. The third-order valence-corrected chi connectivity index (χ3v) is 4.40. The van der Waals surface area contributed by atoms with Crippen LogP contribution < -0.4 is 10.5 Å². The zero-order valence-corrected chi connectivity index (χ0v) is 15.5. The van der Waals surface area contributed by atoms with Crippen LogP contribution in [-0.2, 0) is 14.2 Å². The Bertz CT molecular complexity index is 444. The van der Waals surface area contributed by atoms with Crippen molar-refractivity contribution in [3.63, 3.8) is 0 Å². The molecule has 0 atom stereocenters. The summed E-state index contributed by atoms with van der Waals surface area (Å²) in [6.45, 7) is 5.61. The fraction of sp³-hybridized carbons (Fsp3) is 0.700. The predicted octanol–water partition coefficient (Wildman–Crippen LogP) is 3.81. The number of nitrogens with two attached hydrogens (primary N) is 1. The molecule has 2 rings (SSSR count). The van der Waals surface area contributed by atoms with Gasteiger partial charge in [-0.25, -0.2) is 0 Å². The first-order chi connectivity index (χ1) is 12.3. The van der Waals surface area contributed by atoms with E-state index in [4.69, 9.17) is 24.7 Å². The van der Waals surface area contributed by atoms with Crippen LogP contribution >= 0.6 is 0 Å². The zero-order valence-electron chi connectivity index (χ0n) is 15.5. The molecule has 0 amide bonds. The van der Waals surface area contributed by atoms with Crippen molar-refractivity contribution in [1.82, 2.24) is 0 Å². The van der Waals surface area contributed by atoms with E-state index in [0.717, 1.165) is 50.1 Å². The van der Waals surface area contributed by atoms with E-state index >= 15 is 0 Å². The molecule has 0 radical (unpaired) electrons. The average molecular weight is 351 g/mol. The molecule has 0 saturated heterocycles. The highest BCUT2D eigenvalue weighted by atomic mass is 16.5. The maximum atomic E-state index is 6.01. The van der Waals surface area contributed by atoms with Crippen molar-refractivity contribution in [2.75, 3.05) is 38.8 Å². The summed E-state index contributed by atoms with van der Waals surface area (Å²) in [7, 11) is 0. The Hall–Kier alpha value is -1.30. The van der Waals surface area contributed by atoms with Crippen LogP contribution in [0.15, 0.2) is 24.3 Å². The quantitative estimate of drug-likeness (QED) is 0.458. The van der Waals surface area contributed by atoms with Crippen molar-refractivity contribution < 1.29 is 18.9 Å². The summed E-state index contributed by atoms with van der Waals surface area (Å²) in [6, 6.07) is 7.61. The zero-order chi connectivity index (χ0) is 17.7. The molecule has 1 aromatic rings. The van der Waals surface area contributed by atoms with Gasteiger partial charge in [-0.2, -0.15) is 0 Å². The summed E-state index contributed by atoms with van der Waals surface area (Å²) < 4.78 is 22.9. The van der Waals surface area contributed by atoms with Gasteiger partial charge in [0, 0.05) is 12.3 Å². The Morgan fingerprint density at radius 2 is 1.44 bits per heavy atom. The lowest BCUT2D eigenvalue weighted by molar-refractivity contribution is -0.0330.